The van der Waals surface area contributed by atoms with Crippen LogP contribution in [-0.4, -0.2) is 16.5 Å². The molecule has 1 unspecified atom stereocenters. The molecule has 0 aliphatic carbocycles. The largest absolute Gasteiger partial charge is 0.293 e. The summed E-state index contributed by atoms with van der Waals surface area (Å²) >= 11 is 0. The number of carbonyl (C=O) groups excluding carboxylic acids is 1. The molecule has 0 saturated carbocycles. The van der Waals surface area contributed by atoms with Gasteiger partial charge in [0, 0.05) is 11.9 Å². The second kappa shape index (κ2) is 3.01. The predicted molar refractivity (Wildman–Crippen MR) is 55.2 cm³/mol. The first-order chi connectivity index (χ1) is 6.61. The summed E-state index contributed by atoms with van der Waals surface area (Å²) in [4.78, 5) is 20.4. The van der Waals surface area contributed by atoms with E-state index in [0.717, 1.165) is 11.3 Å². The average molecular weight is 188 g/mol. The van der Waals surface area contributed by atoms with Crippen LogP contribution in [0.4, 0.5) is 5.82 Å². The average Bonchev–Trinajstić information content (AvgIpc) is 2.14. The van der Waals surface area contributed by atoms with Crippen LogP contribution in [0.15, 0.2) is 17.3 Å². The Morgan fingerprint density at radius 1 is 1.36 bits per heavy atom. The van der Waals surface area contributed by atoms with Crippen molar-refractivity contribution < 1.29 is 4.79 Å². The highest BCUT2D eigenvalue weighted by molar-refractivity contribution is 6.17. The molecular weight excluding hydrogens is 176 g/mol. The molecule has 0 aromatic carbocycles. The zero-order chi connectivity index (χ0) is 10.3. The Morgan fingerprint density at radius 2 is 2.07 bits per heavy atom. The van der Waals surface area contributed by atoms with Crippen molar-refractivity contribution in [1.29, 1.82) is 0 Å². The quantitative estimate of drug-likeness (QED) is 0.627. The molecule has 0 N–H and O–H groups in total. The second-order valence-electron chi connectivity index (χ2n) is 3.67. The molecule has 2 heterocycles. The molecule has 1 aliphatic heterocycles. The van der Waals surface area contributed by atoms with Gasteiger partial charge in [0.15, 0.2) is 11.6 Å². The van der Waals surface area contributed by atoms with Crippen molar-refractivity contribution in [3.05, 3.63) is 23.4 Å². The van der Waals surface area contributed by atoms with Crippen molar-refractivity contribution in [2.24, 2.45) is 10.9 Å². The lowest BCUT2D eigenvalue weighted by atomic mass is 9.91. The molecule has 1 aromatic rings. The minimum absolute atomic E-state index is 0.106. The summed E-state index contributed by atoms with van der Waals surface area (Å²) in [6, 6.07) is 1.85. The topological polar surface area (TPSA) is 42.3 Å². The zero-order valence-electron chi connectivity index (χ0n) is 8.53. The number of hydrogen-bond acceptors (Lipinski definition) is 3. The molecule has 72 valence electrons. The third-order valence-corrected chi connectivity index (χ3v) is 2.69. The maximum atomic E-state index is 11.9. The third kappa shape index (κ3) is 1.16. The number of rotatable bonds is 0. The molecule has 14 heavy (non-hydrogen) atoms. The van der Waals surface area contributed by atoms with Crippen molar-refractivity contribution in [3.63, 3.8) is 0 Å². The molecule has 3 heteroatoms. The van der Waals surface area contributed by atoms with E-state index < -0.39 is 0 Å². The van der Waals surface area contributed by atoms with Crippen LogP contribution in [0.3, 0.4) is 0 Å². The van der Waals surface area contributed by atoms with Crippen LogP contribution in [0.5, 0.6) is 0 Å². The first kappa shape index (κ1) is 9.06. The zero-order valence-corrected chi connectivity index (χ0v) is 8.53. The maximum absolute atomic E-state index is 11.9. The molecule has 1 aliphatic rings. The third-order valence-electron chi connectivity index (χ3n) is 2.69. The number of hydrogen-bond donors (Lipinski definition) is 0. The Hall–Kier alpha value is -1.51. The van der Waals surface area contributed by atoms with Crippen LogP contribution >= 0.6 is 0 Å². The van der Waals surface area contributed by atoms with E-state index in [1.54, 1.807) is 6.20 Å². The van der Waals surface area contributed by atoms with Gasteiger partial charge in [-0.05, 0) is 32.4 Å². The van der Waals surface area contributed by atoms with E-state index in [0.29, 0.717) is 11.4 Å². The number of Topliss-reactive ketones (excluding diaryl/α,β-unsaturated/α-hetero) is 1. The molecule has 0 bridgehead atoms. The van der Waals surface area contributed by atoms with Gasteiger partial charge in [0.25, 0.3) is 0 Å². The van der Waals surface area contributed by atoms with E-state index in [9.17, 15) is 4.79 Å². The molecule has 2 rings (SSSR count). The Morgan fingerprint density at radius 3 is 2.79 bits per heavy atom. The van der Waals surface area contributed by atoms with Gasteiger partial charge >= 0.3 is 0 Å². The van der Waals surface area contributed by atoms with Crippen molar-refractivity contribution in [2.75, 3.05) is 0 Å². The number of fused-ring (bicyclic) bond motifs is 1. The van der Waals surface area contributed by atoms with E-state index >= 15 is 0 Å². The van der Waals surface area contributed by atoms with Crippen LogP contribution < -0.4 is 0 Å². The van der Waals surface area contributed by atoms with Gasteiger partial charge in [0.1, 0.15) is 0 Å². The highest BCUT2D eigenvalue weighted by atomic mass is 16.1. The predicted octanol–water partition coefficient (Wildman–Crippen LogP) is 2.31. The molecule has 1 aromatic heterocycles. The molecule has 0 saturated heterocycles. The highest BCUT2D eigenvalue weighted by Gasteiger charge is 2.27. The van der Waals surface area contributed by atoms with E-state index in [4.69, 9.17) is 0 Å². The number of nitrogens with zero attached hydrogens (tertiary/aromatic N) is 2. The Bertz CT molecular complexity index is 435. The number of pyridine rings is 1. The lowest BCUT2D eigenvalue weighted by Crippen LogP contribution is -2.23. The summed E-state index contributed by atoms with van der Waals surface area (Å²) in [5, 5.41) is 0. The van der Waals surface area contributed by atoms with Crippen LogP contribution in [0.1, 0.15) is 29.8 Å². The highest BCUT2D eigenvalue weighted by Crippen LogP contribution is 2.28. The summed E-state index contributed by atoms with van der Waals surface area (Å²) in [6.45, 7) is 5.67. The van der Waals surface area contributed by atoms with Crippen LogP contribution in [0.2, 0.25) is 0 Å². The first-order valence-corrected chi connectivity index (χ1v) is 4.66. The SMILES string of the molecule is CC1=Nc2nccc(C)c2C(=O)C1C. The summed E-state index contributed by atoms with van der Waals surface area (Å²) in [7, 11) is 0. The Labute approximate surface area is 82.9 Å². The van der Waals surface area contributed by atoms with Gasteiger partial charge in [0.05, 0.1) is 11.5 Å². The molecule has 1 atom stereocenters. The molecule has 0 spiro atoms. The number of ketones is 1. The molecule has 3 nitrogen and oxygen atoms in total. The number of aliphatic imine (C=N–C) groups is 1. The summed E-state index contributed by atoms with van der Waals surface area (Å²) in [6.07, 6.45) is 1.69. The van der Waals surface area contributed by atoms with Gasteiger partial charge in [-0.2, -0.15) is 0 Å². The number of carbonyl (C=O) groups is 1. The Balaban J connectivity index is 2.70. The molecule has 0 radical (unpaired) electrons. The van der Waals surface area contributed by atoms with E-state index in [2.05, 4.69) is 9.98 Å². The fourth-order valence-corrected chi connectivity index (χ4v) is 1.60. The lowest BCUT2D eigenvalue weighted by molar-refractivity contribution is 0.0959. The lowest BCUT2D eigenvalue weighted by Gasteiger charge is -2.18. The van der Waals surface area contributed by atoms with Crippen molar-refractivity contribution in [1.82, 2.24) is 4.98 Å². The van der Waals surface area contributed by atoms with Crippen molar-refractivity contribution in [3.8, 4) is 0 Å². The first-order valence-electron chi connectivity index (χ1n) is 4.66. The van der Waals surface area contributed by atoms with E-state index in [1.807, 2.05) is 26.8 Å². The van der Waals surface area contributed by atoms with Crippen molar-refractivity contribution >= 4 is 17.3 Å². The van der Waals surface area contributed by atoms with Gasteiger partial charge in [-0.3, -0.25) is 4.79 Å². The minimum Gasteiger partial charge on any atom is -0.293 e. The minimum atomic E-state index is -0.106. The molecule has 0 amide bonds. The van der Waals surface area contributed by atoms with Crippen molar-refractivity contribution in [2.45, 2.75) is 20.8 Å². The van der Waals surface area contributed by atoms with Crippen LogP contribution in [0.25, 0.3) is 0 Å². The normalized spacial score (nSPS) is 20.4. The van der Waals surface area contributed by atoms with E-state index in [-0.39, 0.29) is 11.7 Å². The maximum Gasteiger partial charge on any atom is 0.175 e. The summed E-state index contributed by atoms with van der Waals surface area (Å²) in [5.41, 5.74) is 2.49. The Kier molecular flexibility index (Phi) is 1.95. The number of aromatic nitrogens is 1. The van der Waals surface area contributed by atoms with Gasteiger partial charge in [0.2, 0.25) is 0 Å². The van der Waals surface area contributed by atoms with Crippen LogP contribution in [0, 0.1) is 12.8 Å². The second-order valence-corrected chi connectivity index (χ2v) is 3.67. The smallest absolute Gasteiger partial charge is 0.175 e. The van der Waals surface area contributed by atoms with E-state index in [1.165, 1.54) is 0 Å². The fourth-order valence-electron chi connectivity index (χ4n) is 1.60. The van der Waals surface area contributed by atoms with Gasteiger partial charge in [-0.25, -0.2) is 9.98 Å². The van der Waals surface area contributed by atoms with Gasteiger partial charge in [-0.15, -0.1) is 0 Å². The fraction of sp³-hybridized carbons (Fsp3) is 0.364. The van der Waals surface area contributed by atoms with Gasteiger partial charge in [-0.1, -0.05) is 0 Å². The van der Waals surface area contributed by atoms with Crippen LogP contribution in [-0.2, 0) is 0 Å². The molecule has 0 fully saturated rings. The molecular formula is C11H12N2O. The summed E-state index contributed by atoms with van der Waals surface area (Å²) in [5.74, 6) is 0.606. The standard InChI is InChI=1S/C11H12N2O/c1-6-4-5-12-11-9(6)10(14)7(2)8(3)13-11/h4-5,7H,1-3H3. The van der Waals surface area contributed by atoms with Gasteiger partial charge < -0.3 is 0 Å². The number of aryl methyl sites for hydroxylation is 1. The summed E-state index contributed by atoms with van der Waals surface area (Å²) < 4.78 is 0. The monoisotopic (exact) mass is 188 g/mol.